The number of hydrogen-bond donors (Lipinski definition) is 0. The van der Waals surface area contributed by atoms with Crippen molar-refractivity contribution in [3.63, 3.8) is 0 Å². The summed E-state index contributed by atoms with van der Waals surface area (Å²) in [5, 5.41) is 0. The first kappa shape index (κ1) is 51.5. The van der Waals surface area contributed by atoms with Crippen molar-refractivity contribution < 1.29 is 0 Å². The number of hydrogen-bond acceptors (Lipinski definition) is 2. The van der Waals surface area contributed by atoms with Gasteiger partial charge in [-0.15, -0.1) is 0 Å². The zero-order valence-corrected chi connectivity index (χ0v) is 48.0. The van der Waals surface area contributed by atoms with Gasteiger partial charge >= 0.3 is 0 Å². The van der Waals surface area contributed by atoms with Gasteiger partial charge in [0.15, 0.2) is 0 Å². The Morgan fingerprint density at radius 3 is 0.815 bits per heavy atom. The van der Waals surface area contributed by atoms with E-state index < -0.39 is 0 Å². The maximum atomic E-state index is 2.61. The van der Waals surface area contributed by atoms with Crippen molar-refractivity contribution in [3.8, 4) is 22.3 Å². The van der Waals surface area contributed by atoms with E-state index in [9.17, 15) is 0 Å². The molecular weight excluding hydrogens is 976 g/mol. The maximum Gasteiger partial charge on any atom is 0.252 e. The molecule has 11 aromatic rings. The average molecular weight is 1050 g/mol. The van der Waals surface area contributed by atoms with Crippen LogP contribution < -0.4 is 26.2 Å². The lowest BCUT2D eigenvalue weighted by Gasteiger charge is -2.45. The highest BCUT2D eigenvalue weighted by Crippen LogP contribution is 2.49. The Hall–Kier alpha value is -8.92. The third kappa shape index (κ3) is 8.91. The van der Waals surface area contributed by atoms with Crippen molar-refractivity contribution in [1.29, 1.82) is 0 Å². The number of benzene rings is 11. The van der Waals surface area contributed by atoms with Gasteiger partial charge in [0.25, 0.3) is 6.71 Å². The molecule has 13 rings (SSSR count). The summed E-state index contributed by atoms with van der Waals surface area (Å²) in [5.41, 5.74) is 24.6. The molecule has 0 atom stereocenters. The van der Waals surface area contributed by atoms with Gasteiger partial charge in [0.05, 0.1) is 0 Å². The van der Waals surface area contributed by atoms with E-state index in [4.69, 9.17) is 0 Å². The van der Waals surface area contributed by atoms with Crippen molar-refractivity contribution >= 4 is 57.2 Å². The van der Waals surface area contributed by atoms with E-state index >= 15 is 0 Å². The van der Waals surface area contributed by atoms with E-state index in [1.807, 2.05) is 0 Å². The minimum atomic E-state index is -0.319. The summed E-state index contributed by atoms with van der Waals surface area (Å²) in [6.07, 6.45) is 0. The molecule has 0 amide bonds. The molecule has 394 valence electrons. The van der Waals surface area contributed by atoms with Crippen LogP contribution in [0.5, 0.6) is 0 Å². The van der Waals surface area contributed by atoms with Crippen molar-refractivity contribution in [2.45, 2.75) is 77.0 Å². The topological polar surface area (TPSA) is 6.48 Å². The second-order valence-electron chi connectivity index (χ2n) is 24.6. The van der Waals surface area contributed by atoms with Crippen LogP contribution in [-0.2, 0) is 21.7 Å². The zero-order valence-electron chi connectivity index (χ0n) is 48.0. The van der Waals surface area contributed by atoms with Crippen LogP contribution in [0, 0.1) is 0 Å². The van der Waals surface area contributed by atoms with Crippen molar-refractivity contribution in [3.05, 3.63) is 317 Å². The van der Waals surface area contributed by atoms with E-state index in [2.05, 4.69) is 338 Å². The summed E-state index contributed by atoms with van der Waals surface area (Å²) < 4.78 is 0. The quantitative estimate of drug-likeness (QED) is 0.113. The molecule has 0 N–H and O–H groups in total. The van der Waals surface area contributed by atoms with Crippen LogP contribution >= 0.6 is 0 Å². The first-order valence-electron chi connectivity index (χ1n) is 28.9. The number of nitrogens with zero attached hydrogens (tertiary/aromatic N) is 2. The molecule has 2 heterocycles. The van der Waals surface area contributed by atoms with Crippen molar-refractivity contribution in [2.75, 3.05) is 9.80 Å². The Balaban J connectivity index is 1.12. The predicted molar refractivity (Wildman–Crippen MR) is 346 cm³/mol. The Morgan fingerprint density at radius 1 is 0.235 bits per heavy atom. The van der Waals surface area contributed by atoms with Gasteiger partial charge in [-0.1, -0.05) is 280 Å². The number of rotatable bonds is 12. The van der Waals surface area contributed by atoms with Gasteiger partial charge in [-0.05, 0) is 132 Å². The van der Waals surface area contributed by atoms with Crippen LogP contribution in [0.15, 0.2) is 273 Å². The van der Waals surface area contributed by atoms with Crippen LogP contribution in [0.2, 0.25) is 0 Å². The molecule has 2 aliphatic heterocycles. The molecule has 2 nitrogen and oxygen atoms in total. The minimum absolute atomic E-state index is 0.102. The Kier molecular flexibility index (Phi) is 12.7. The van der Waals surface area contributed by atoms with Gasteiger partial charge in [-0.2, -0.15) is 0 Å². The lowest BCUT2D eigenvalue weighted by molar-refractivity contribution is 0.617. The van der Waals surface area contributed by atoms with Crippen LogP contribution in [-0.4, -0.2) is 6.71 Å². The van der Waals surface area contributed by atoms with Crippen LogP contribution in [0.3, 0.4) is 0 Å². The van der Waals surface area contributed by atoms with Gasteiger partial charge in [-0.3, -0.25) is 0 Å². The first-order chi connectivity index (χ1) is 39.2. The van der Waals surface area contributed by atoms with E-state index in [-0.39, 0.29) is 28.4 Å². The summed E-state index contributed by atoms with van der Waals surface area (Å²) in [6, 6.07) is 103. The normalized spacial score (nSPS) is 13.1. The molecule has 11 aromatic carbocycles. The van der Waals surface area contributed by atoms with Gasteiger partial charge in [0.1, 0.15) is 0 Å². The monoisotopic (exact) mass is 1040 g/mol. The molecule has 0 saturated carbocycles. The second-order valence-corrected chi connectivity index (χ2v) is 24.6. The SMILES string of the molecule is CC(C)(c1ccccc1)c1cc(N2c3ccc(-c4ccccc4)cc3B3c4cc(-c5ccccc5)ccc4N(c4cc(C(C)(C)c5ccccc5)cc(C(C)(C)c5ccccc5)c4)c4cccc2c43)cc(C(C)(C)c2ccccc2)c1. The van der Waals surface area contributed by atoms with E-state index in [1.54, 1.807) is 0 Å². The highest BCUT2D eigenvalue weighted by atomic mass is 15.2. The van der Waals surface area contributed by atoms with E-state index in [0.29, 0.717) is 0 Å². The Morgan fingerprint density at radius 2 is 0.519 bits per heavy atom. The van der Waals surface area contributed by atoms with Crippen LogP contribution in [0.25, 0.3) is 22.3 Å². The summed E-state index contributed by atoms with van der Waals surface area (Å²) in [7, 11) is 0. The summed E-state index contributed by atoms with van der Waals surface area (Å²) >= 11 is 0. The van der Waals surface area contributed by atoms with Gasteiger partial charge in [0, 0.05) is 55.8 Å². The lowest BCUT2D eigenvalue weighted by atomic mass is 9.33. The molecule has 3 heteroatoms. The molecule has 0 bridgehead atoms. The Labute approximate surface area is 481 Å². The van der Waals surface area contributed by atoms with Crippen molar-refractivity contribution in [2.24, 2.45) is 0 Å². The second kappa shape index (κ2) is 20.0. The molecule has 2 aliphatic rings. The van der Waals surface area contributed by atoms with E-state index in [0.717, 1.165) is 11.4 Å². The molecule has 0 radical (unpaired) electrons. The summed E-state index contributed by atoms with van der Waals surface area (Å²) in [6.45, 7) is 19.0. The van der Waals surface area contributed by atoms with E-state index in [1.165, 1.54) is 106 Å². The summed E-state index contributed by atoms with van der Waals surface area (Å²) in [5.74, 6) is 0. The third-order valence-corrected chi connectivity index (χ3v) is 18.4. The largest absolute Gasteiger partial charge is 0.311 e. The van der Waals surface area contributed by atoms with Crippen molar-refractivity contribution in [1.82, 2.24) is 0 Å². The molecule has 0 fully saturated rings. The first-order valence-corrected chi connectivity index (χ1v) is 28.9. The highest BCUT2D eigenvalue weighted by Gasteiger charge is 2.45. The molecule has 0 saturated heterocycles. The zero-order chi connectivity index (χ0) is 55.7. The molecule has 0 spiro atoms. The van der Waals surface area contributed by atoms with Gasteiger partial charge in [0.2, 0.25) is 0 Å². The fraction of sp³-hybridized carbons (Fsp3) is 0.154. The third-order valence-electron chi connectivity index (χ3n) is 18.4. The molecule has 0 aromatic heterocycles. The molecule has 81 heavy (non-hydrogen) atoms. The van der Waals surface area contributed by atoms with Crippen LogP contribution in [0.4, 0.5) is 34.1 Å². The molecule has 0 aliphatic carbocycles. The number of fused-ring (bicyclic) bond motifs is 4. The highest BCUT2D eigenvalue weighted by molar-refractivity contribution is 7.00. The van der Waals surface area contributed by atoms with Gasteiger partial charge < -0.3 is 9.80 Å². The molecule has 0 unspecified atom stereocenters. The standard InChI is InChI=1S/C78H69BN2/c1-75(2,58-32-19-11-20-33-58)62-48-63(76(3,4)59-34-21-12-22-35-59)51-66(50-62)80-70-44-42-56(54-28-15-9-16-29-54)46-68(70)79-69-47-57(55-30-17-10-18-31-55)43-45-71(69)81(73-41-27-40-72(80)74(73)79)67-52-64(77(5,6)60-36-23-13-24-37-60)49-65(53-67)78(7,8)61-38-25-14-26-39-61/h9-53H,1-8H3. The number of anilines is 6. The molecular formula is C78H69BN2. The predicted octanol–water partition coefficient (Wildman–Crippen LogP) is 18.4. The average Bonchev–Trinajstić information content (AvgIpc) is 3.69. The fourth-order valence-electron chi connectivity index (χ4n) is 13.1. The van der Waals surface area contributed by atoms with Gasteiger partial charge in [-0.25, -0.2) is 0 Å². The Bertz CT molecular complexity index is 3690. The van der Waals surface area contributed by atoms with Crippen LogP contribution in [0.1, 0.15) is 99.9 Å². The minimum Gasteiger partial charge on any atom is -0.311 e. The lowest BCUT2D eigenvalue weighted by Crippen LogP contribution is -2.61. The smallest absolute Gasteiger partial charge is 0.252 e. The summed E-state index contributed by atoms with van der Waals surface area (Å²) in [4.78, 5) is 5.22. The maximum absolute atomic E-state index is 2.61. The fourth-order valence-corrected chi connectivity index (χ4v) is 13.1.